The highest BCUT2D eigenvalue weighted by Gasteiger charge is 2.20. The van der Waals surface area contributed by atoms with E-state index in [1.54, 1.807) is 12.1 Å². The van der Waals surface area contributed by atoms with Gasteiger partial charge in [0.05, 0.1) is 17.3 Å². The quantitative estimate of drug-likeness (QED) is 0.754. The molecule has 1 aromatic carbocycles. The number of hydrogen-bond donors (Lipinski definition) is 1. The molecule has 0 saturated heterocycles. The van der Waals surface area contributed by atoms with Crippen LogP contribution in [-0.4, -0.2) is 49.9 Å². The lowest BCUT2D eigenvalue weighted by Crippen LogP contribution is -2.39. The van der Waals surface area contributed by atoms with Crippen LogP contribution in [-0.2, 0) is 9.84 Å². The second-order valence-corrected chi connectivity index (χ2v) is 7.55. The summed E-state index contributed by atoms with van der Waals surface area (Å²) < 4.78 is 24.6. The Kier molecular flexibility index (Phi) is 7.66. The fourth-order valence-corrected chi connectivity index (χ4v) is 3.80. The molecule has 0 bridgehead atoms. The van der Waals surface area contributed by atoms with Crippen LogP contribution in [0.15, 0.2) is 29.2 Å². The Hall–Kier alpha value is -0.620. The van der Waals surface area contributed by atoms with Crippen molar-refractivity contribution in [2.24, 2.45) is 0 Å². The monoisotopic (exact) mass is 333 g/mol. The van der Waals surface area contributed by atoms with E-state index in [1.165, 1.54) is 12.1 Å². The third-order valence-electron chi connectivity index (χ3n) is 3.67. The highest BCUT2D eigenvalue weighted by atomic mass is 35.5. The fourth-order valence-electron chi connectivity index (χ4n) is 2.41. The number of benzene rings is 1. The van der Waals surface area contributed by atoms with Crippen molar-refractivity contribution < 1.29 is 13.5 Å². The van der Waals surface area contributed by atoms with Crippen LogP contribution in [0.25, 0.3) is 0 Å². The van der Waals surface area contributed by atoms with Gasteiger partial charge >= 0.3 is 0 Å². The van der Waals surface area contributed by atoms with Crippen molar-refractivity contribution in [3.63, 3.8) is 0 Å². The highest BCUT2D eigenvalue weighted by Crippen LogP contribution is 2.16. The average Bonchev–Trinajstić information content (AvgIpc) is 2.46. The van der Waals surface area contributed by atoms with Gasteiger partial charge in [-0.1, -0.05) is 25.4 Å². The van der Waals surface area contributed by atoms with Crippen LogP contribution in [0.4, 0.5) is 0 Å². The maximum atomic E-state index is 12.3. The molecule has 1 N–H and O–H groups in total. The predicted octanol–water partition coefficient (Wildman–Crippen LogP) is 2.60. The van der Waals surface area contributed by atoms with Gasteiger partial charge in [0.25, 0.3) is 0 Å². The van der Waals surface area contributed by atoms with E-state index >= 15 is 0 Å². The molecule has 0 aliphatic carbocycles. The van der Waals surface area contributed by atoms with Crippen LogP contribution < -0.4 is 0 Å². The van der Waals surface area contributed by atoms with Gasteiger partial charge in [-0.3, -0.25) is 4.90 Å². The van der Waals surface area contributed by atoms with E-state index in [0.29, 0.717) is 29.0 Å². The van der Waals surface area contributed by atoms with Gasteiger partial charge < -0.3 is 5.11 Å². The number of aliphatic hydroxyl groups excluding tert-OH is 1. The van der Waals surface area contributed by atoms with Crippen molar-refractivity contribution in [2.45, 2.75) is 37.6 Å². The van der Waals surface area contributed by atoms with Gasteiger partial charge in [-0.25, -0.2) is 8.42 Å². The maximum absolute atomic E-state index is 12.3. The first-order chi connectivity index (χ1) is 9.94. The molecule has 4 nitrogen and oxygen atoms in total. The second-order valence-electron chi connectivity index (χ2n) is 5.00. The maximum Gasteiger partial charge on any atom is 0.179 e. The molecule has 0 atom stereocenters. The minimum absolute atomic E-state index is 0.0392. The lowest BCUT2D eigenvalue weighted by molar-refractivity contribution is 0.151. The molecule has 0 unspecified atom stereocenters. The van der Waals surface area contributed by atoms with Crippen molar-refractivity contribution in [2.75, 3.05) is 25.4 Å². The summed E-state index contributed by atoms with van der Waals surface area (Å²) in [6.07, 6.45) is 1.88. The van der Waals surface area contributed by atoms with Crippen LogP contribution in [0.3, 0.4) is 0 Å². The number of halogens is 1. The van der Waals surface area contributed by atoms with Gasteiger partial charge in [-0.2, -0.15) is 0 Å². The number of rotatable bonds is 9. The zero-order valence-electron chi connectivity index (χ0n) is 12.6. The van der Waals surface area contributed by atoms with Gasteiger partial charge in [-0.05, 0) is 37.1 Å². The first-order valence-corrected chi connectivity index (χ1v) is 9.30. The Labute approximate surface area is 132 Å². The molecule has 120 valence electrons. The van der Waals surface area contributed by atoms with Crippen molar-refractivity contribution in [3.8, 4) is 0 Å². The van der Waals surface area contributed by atoms with Gasteiger partial charge in [0.15, 0.2) is 9.84 Å². The molecule has 0 saturated carbocycles. The van der Waals surface area contributed by atoms with Crippen molar-refractivity contribution in [1.82, 2.24) is 4.90 Å². The van der Waals surface area contributed by atoms with E-state index in [1.807, 2.05) is 4.90 Å². The van der Waals surface area contributed by atoms with E-state index < -0.39 is 9.84 Å². The molecule has 0 aliphatic heterocycles. The molecule has 6 heteroatoms. The first-order valence-electron chi connectivity index (χ1n) is 7.27. The Balaban J connectivity index is 2.75. The summed E-state index contributed by atoms with van der Waals surface area (Å²) in [5.74, 6) is 0.0468. The Morgan fingerprint density at radius 2 is 1.71 bits per heavy atom. The molecule has 21 heavy (non-hydrogen) atoms. The lowest BCUT2D eigenvalue weighted by atomic mass is 10.1. The smallest absolute Gasteiger partial charge is 0.179 e. The first kappa shape index (κ1) is 18.4. The second kappa shape index (κ2) is 8.73. The fraction of sp³-hybridized carbons (Fsp3) is 0.600. The molecule has 1 aromatic rings. The third kappa shape index (κ3) is 5.58. The van der Waals surface area contributed by atoms with Crippen LogP contribution in [0.5, 0.6) is 0 Å². The summed E-state index contributed by atoms with van der Waals surface area (Å²) in [5.41, 5.74) is 0. The zero-order valence-corrected chi connectivity index (χ0v) is 14.2. The summed E-state index contributed by atoms with van der Waals surface area (Å²) in [4.78, 5) is 2.34. The molecule has 0 spiro atoms. The van der Waals surface area contributed by atoms with E-state index in [9.17, 15) is 8.42 Å². The zero-order chi connectivity index (χ0) is 15.9. The normalized spacial score (nSPS) is 12.3. The summed E-state index contributed by atoms with van der Waals surface area (Å²) in [7, 11) is -3.32. The predicted molar refractivity (Wildman–Crippen MR) is 86.5 cm³/mol. The average molecular weight is 334 g/mol. The summed E-state index contributed by atoms with van der Waals surface area (Å²) in [6, 6.07) is 6.54. The molecule has 0 fully saturated rings. The molecule has 0 aliphatic rings. The molecular formula is C15H24ClNO3S. The number of hydrogen-bond acceptors (Lipinski definition) is 4. The van der Waals surface area contributed by atoms with Gasteiger partial charge in [-0.15, -0.1) is 0 Å². The minimum Gasteiger partial charge on any atom is -0.395 e. The molecule has 0 heterocycles. The van der Waals surface area contributed by atoms with Crippen LogP contribution in [0.1, 0.15) is 26.7 Å². The van der Waals surface area contributed by atoms with E-state index in [4.69, 9.17) is 16.7 Å². The van der Waals surface area contributed by atoms with Crippen LogP contribution >= 0.6 is 11.6 Å². The Morgan fingerprint density at radius 1 is 1.14 bits per heavy atom. The number of aliphatic hydroxyl groups is 1. The molecule has 0 aromatic heterocycles. The van der Waals surface area contributed by atoms with Gasteiger partial charge in [0, 0.05) is 24.2 Å². The molecule has 1 rings (SSSR count). The summed E-state index contributed by atoms with van der Waals surface area (Å²) in [6.45, 7) is 5.12. The molecule has 0 radical (unpaired) electrons. The molecule has 0 amide bonds. The van der Waals surface area contributed by atoms with Gasteiger partial charge in [0.2, 0.25) is 0 Å². The highest BCUT2D eigenvalue weighted by molar-refractivity contribution is 7.91. The van der Waals surface area contributed by atoms with Gasteiger partial charge in [0.1, 0.15) is 0 Å². The SMILES string of the molecule is CCC(CC)N(CCO)CCS(=O)(=O)c1ccc(Cl)cc1. The standard InChI is InChI=1S/C15H24ClNO3S/c1-3-14(4-2)17(9-11-18)10-12-21(19,20)15-7-5-13(16)6-8-15/h5-8,14,18H,3-4,9-12H2,1-2H3. The number of sulfone groups is 1. The minimum atomic E-state index is -3.32. The van der Waals surface area contributed by atoms with E-state index in [0.717, 1.165) is 12.8 Å². The third-order valence-corrected chi connectivity index (χ3v) is 5.63. The van der Waals surface area contributed by atoms with E-state index in [-0.39, 0.29) is 12.4 Å². The Morgan fingerprint density at radius 3 is 2.19 bits per heavy atom. The van der Waals surface area contributed by atoms with Crippen LogP contribution in [0, 0.1) is 0 Å². The van der Waals surface area contributed by atoms with Crippen LogP contribution in [0.2, 0.25) is 5.02 Å². The summed E-state index contributed by atoms with van der Waals surface area (Å²) in [5, 5.41) is 9.67. The molecular weight excluding hydrogens is 310 g/mol. The lowest BCUT2D eigenvalue weighted by Gasteiger charge is -2.29. The van der Waals surface area contributed by atoms with Crippen molar-refractivity contribution in [3.05, 3.63) is 29.3 Å². The Bertz CT molecular complexity index is 512. The van der Waals surface area contributed by atoms with E-state index in [2.05, 4.69) is 13.8 Å². The van der Waals surface area contributed by atoms with Crippen molar-refractivity contribution in [1.29, 1.82) is 0 Å². The topological polar surface area (TPSA) is 57.6 Å². The number of nitrogens with zero attached hydrogens (tertiary/aromatic N) is 1. The summed E-state index contributed by atoms with van der Waals surface area (Å²) >= 11 is 5.78. The largest absolute Gasteiger partial charge is 0.395 e. The van der Waals surface area contributed by atoms with Crippen molar-refractivity contribution >= 4 is 21.4 Å².